The minimum Gasteiger partial charge on any atom is -0.482 e. The van der Waals surface area contributed by atoms with Crippen molar-refractivity contribution in [1.82, 2.24) is 4.90 Å². The Bertz CT molecular complexity index is 1540. The molecule has 1 aromatic rings. The van der Waals surface area contributed by atoms with Gasteiger partial charge in [0.05, 0.1) is 0 Å². The zero-order valence-corrected chi connectivity index (χ0v) is 26.9. The number of ether oxygens (including phenoxy) is 7. The molecule has 1 unspecified atom stereocenters. The van der Waals surface area contributed by atoms with Crippen molar-refractivity contribution in [2.75, 3.05) is 13.6 Å². The van der Waals surface area contributed by atoms with E-state index in [0.717, 1.165) is 45.0 Å². The smallest absolute Gasteiger partial charge is 0.308 e. The van der Waals surface area contributed by atoms with Crippen molar-refractivity contribution < 1.29 is 62.2 Å². The van der Waals surface area contributed by atoms with Gasteiger partial charge in [0.2, 0.25) is 0 Å². The minimum atomic E-state index is -1.42. The van der Waals surface area contributed by atoms with Gasteiger partial charge in [0.15, 0.2) is 35.9 Å². The maximum absolute atomic E-state index is 12.8. The third-order valence-corrected chi connectivity index (χ3v) is 9.70. The summed E-state index contributed by atoms with van der Waals surface area (Å²) >= 11 is 0. The summed E-state index contributed by atoms with van der Waals surface area (Å²) in [6.45, 7) is 7.76. The number of likely N-dealkylation sites (tertiary alicyclic amines) is 1. The highest BCUT2D eigenvalue weighted by Gasteiger charge is 2.65. The molecule has 2 saturated heterocycles. The molecule has 1 radical (unpaired) electrons. The van der Waals surface area contributed by atoms with Gasteiger partial charge in [-0.15, -0.1) is 0 Å². The van der Waals surface area contributed by atoms with E-state index >= 15 is 0 Å². The van der Waals surface area contributed by atoms with Crippen molar-refractivity contribution in [1.29, 1.82) is 0 Å². The predicted molar refractivity (Wildman–Crippen MR) is 158 cm³/mol. The Morgan fingerprint density at radius 1 is 0.936 bits per heavy atom. The molecule has 1 aromatic carbocycles. The first kappa shape index (κ1) is 32.9. The van der Waals surface area contributed by atoms with E-state index in [1.807, 2.05) is 13.1 Å². The fourth-order valence-electron chi connectivity index (χ4n) is 8.19. The highest BCUT2D eigenvalue weighted by atomic mass is 16.7. The molecule has 253 valence electrons. The average molecular weight is 657 g/mol. The molecule has 1 spiro atoms. The molecule has 2 fully saturated rings. The standard InChI is InChI=1S/C33H38NO13/c1-14(35)42-24-12-20(19-11-22-21-7-8-23(40)32-33(21,9-10-34(22)6)26(19)28(24)47-32)27(44-16(3)37)30-31(46-18(5)39)29(45-17(4)38)25(13-41-30)43-15(2)36/h7-8,12-13,21-23,25,27,29-32,40H,9-11H2,1-6H3/t21-,22+,23-,25-,27?,29+,30+,31-,32-,33-/m0/s1. The summed E-state index contributed by atoms with van der Waals surface area (Å²) in [5.41, 5.74) is 1.21. The Morgan fingerprint density at radius 3 is 2.26 bits per heavy atom. The second-order valence-electron chi connectivity index (χ2n) is 12.7. The largest absolute Gasteiger partial charge is 0.482 e. The number of esters is 5. The first-order valence-corrected chi connectivity index (χ1v) is 15.5. The van der Waals surface area contributed by atoms with E-state index in [1.165, 1.54) is 13.8 Å². The number of carbonyl (C=O) groups excluding carboxylic acids is 5. The van der Waals surface area contributed by atoms with Gasteiger partial charge >= 0.3 is 29.8 Å². The molecule has 0 saturated carbocycles. The molecular formula is C33H38NO13. The minimum absolute atomic E-state index is 0.0291. The van der Waals surface area contributed by atoms with Crippen LogP contribution in [0, 0.1) is 12.5 Å². The number of carbonyl (C=O) groups is 5. The van der Waals surface area contributed by atoms with E-state index in [2.05, 4.69) is 4.90 Å². The first-order chi connectivity index (χ1) is 22.2. The van der Waals surface area contributed by atoms with E-state index in [1.54, 1.807) is 12.1 Å². The fourth-order valence-corrected chi connectivity index (χ4v) is 8.19. The van der Waals surface area contributed by atoms with Crippen molar-refractivity contribution in [2.45, 2.75) is 102 Å². The van der Waals surface area contributed by atoms with Crippen LogP contribution >= 0.6 is 0 Å². The Morgan fingerprint density at radius 2 is 1.62 bits per heavy atom. The van der Waals surface area contributed by atoms with Crippen molar-refractivity contribution >= 4 is 29.8 Å². The van der Waals surface area contributed by atoms with Crippen LogP contribution < -0.4 is 9.47 Å². The van der Waals surface area contributed by atoms with Crippen LogP contribution in [0.2, 0.25) is 0 Å². The normalized spacial score (nSPS) is 33.9. The predicted octanol–water partition coefficient (Wildman–Crippen LogP) is 1.38. The maximum Gasteiger partial charge on any atom is 0.308 e. The lowest BCUT2D eigenvalue weighted by Crippen LogP contribution is -2.65. The summed E-state index contributed by atoms with van der Waals surface area (Å²) in [5, 5.41) is 11.2. The molecule has 10 atom stereocenters. The maximum atomic E-state index is 12.8. The van der Waals surface area contributed by atoms with E-state index in [9.17, 15) is 29.1 Å². The molecule has 3 heterocycles. The number of likely N-dealkylation sites (N-methyl/N-ethyl adjacent to an activating group) is 1. The Hall–Kier alpha value is -4.01. The number of rotatable bonds is 7. The van der Waals surface area contributed by atoms with Gasteiger partial charge in [0, 0.05) is 63.1 Å². The van der Waals surface area contributed by atoms with E-state index in [-0.39, 0.29) is 17.7 Å². The zero-order valence-electron chi connectivity index (χ0n) is 26.9. The number of piperidine rings is 1. The summed E-state index contributed by atoms with van der Waals surface area (Å²) in [5.74, 6) is -3.20. The lowest BCUT2D eigenvalue weighted by molar-refractivity contribution is -0.227. The number of nitrogens with zero attached hydrogens (tertiary/aromatic N) is 1. The lowest BCUT2D eigenvalue weighted by atomic mass is 9.53. The van der Waals surface area contributed by atoms with Gasteiger partial charge in [-0.25, -0.2) is 0 Å². The molecule has 2 aliphatic carbocycles. The summed E-state index contributed by atoms with van der Waals surface area (Å²) in [6, 6.07) is 1.51. The third-order valence-electron chi connectivity index (χ3n) is 9.70. The van der Waals surface area contributed by atoms with Gasteiger partial charge in [-0.3, -0.25) is 24.0 Å². The fraction of sp³-hybridized carbons (Fsp3) is 0.576. The quantitative estimate of drug-likeness (QED) is 0.193. The van der Waals surface area contributed by atoms with E-state index < -0.39 is 78.0 Å². The number of aliphatic hydroxyl groups excluding tert-OH is 1. The van der Waals surface area contributed by atoms with Crippen LogP contribution in [0.5, 0.6) is 11.5 Å². The van der Waals surface area contributed by atoms with Crippen molar-refractivity contribution in [3.8, 4) is 11.5 Å². The highest BCUT2D eigenvalue weighted by molar-refractivity contribution is 5.74. The van der Waals surface area contributed by atoms with Crippen LogP contribution in [0.1, 0.15) is 63.8 Å². The van der Waals surface area contributed by atoms with Gasteiger partial charge in [-0.1, -0.05) is 12.2 Å². The second kappa shape index (κ2) is 12.2. The monoisotopic (exact) mass is 656 g/mol. The van der Waals surface area contributed by atoms with Crippen molar-refractivity contribution in [3.05, 3.63) is 41.5 Å². The Kier molecular flexibility index (Phi) is 8.56. The summed E-state index contributed by atoms with van der Waals surface area (Å²) in [4.78, 5) is 64.1. The zero-order chi connectivity index (χ0) is 33.9. The topological polar surface area (TPSA) is 173 Å². The Labute approximate surface area is 271 Å². The van der Waals surface area contributed by atoms with Crippen LogP contribution in [0.15, 0.2) is 18.2 Å². The molecule has 0 aromatic heterocycles. The molecule has 14 nitrogen and oxygen atoms in total. The summed E-state index contributed by atoms with van der Waals surface area (Å²) < 4.78 is 40.8. The van der Waals surface area contributed by atoms with Gasteiger partial charge in [0.1, 0.15) is 24.9 Å². The van der Waals surface area contributed by atoms with Crippen LogP contribution in [-0.2, 0) is 59.5 Å². The van der Waals surface area contributed by atoms with E-state index in [0.29, 0.717) is 24.2 Å². The van der Waals surface area contributed by atoms with E-state index in [4.69, 9.17) is 33.2 Å². The van der Waals surface area contributed by atoms with Gasteiger partial charge in [0.25, 0.3) is 0 Å². The molecule has 47 heavy (non-hydrogen) atoms. The second-order valence-corrected chi connectivity index (χ2v) is 12.7. The molecule has 2 bridgehead atoms. The summed E-state index contributed by atoms with van der Waals surface area (Å²) in [7, 11) is 2.03. The highest BCUT2D eigenvalue weighted by Crippen LogP contribution is 2.64. The molecule has 6 rings (SSSR count). The number of benzene rings is 1. The van der Waals surface area contributed by atoms with Crippen molar-refractivity contribution in [3.63, 3.8) is 0 Å². The average Bonchev–Trinajstić information content (AvgIpc) is 3.32. The van der Waals surface area contributed by atoms with Crippen LogP contribution in [-0.4, -0.2) is 96.1 Å². The molecule has 5 aliphatic rings. The summed E-state index contributed by atoms with van der Waals surface area (Å²) in [6.07, 6.45) is -3.42. The first-order valence-electron chi connectivity index (χ1n) is 15.5. The van der Waals surface area contributed by atoms with Crippen LogP contribution in [0.3, 0.4) is 0 Å². The number of hydrogen-bond acceptors (Lipinski definition) is 14. The third kappa shape index (κ3) is 5.55. The molecule has 1 N–H and O–H groups in total. The molecule has 0 amide bonds. The molecular weight excluding hydrogens is 618 g/mol. The molecule has 3 aliphatic heterocycles. The van der Waals surface area contributed by atoms with Crippen LogP contribution in [0.25, 0.3) is 0 Å². The Balaban J connectivity index is 1.56. The number of aliphatic hydroxyl groups is 1. The van der Waals surface area contributed by atoms with Gasteiger partial charge < -0.3 is 43.2 Å². The van der Waals surface area contributed by atoms with Crippen LogP contribution in [0.4, 0.5) is 0 Å². The van der Waals surface area contributed by atoms with Gasteiger partial charge in [-0.2, -0.15) is 0 Å². The molecule has 14 heteroatoms. The van der Waals surface area contributed by atoms with Gasteiger partial charge in [-0.05, 0) is 38.1 Å². The lowest BCUT2D eigenvalue weighted by Gasteiger charge is -2.56. The SMILES string of the molecule is CC(=O)Oc1cc(C(OC(C)=O)[C@H]2O[CH][C@H](OC(C)=O)[C@@H](OC(C)=O)[C@@H]2OC(C)=O)c2c3c1O[C@H]1[C@@H](O)C=C[C@H]4[C@@H](C2)N(C)CC[C@@]341. The number of hydrogen-bond donors (Lipinski definition) is 1. The van der Waals surface area contributed by atoms with Crippen molar-refractivity contribution in [2.24, 2.45) is 5.92 Å².